The van der Waals surface area contributed by atoms with E-state index in [2.05, 4.69) is 35.9 Å². The molecule has 0 aliphatic carbocycles. The molecule has 1 aromatic carbocycles. The van der Waals surface area contributed by atoms with E-state index in [1.54, 1.807) is 17.0 Å². The molecule has 3 aromatic rings. The van der Waals surface area contributed by atoms with Gasteiger partial charge in [-0.25, -0.2) is 0 Å². The molecule has 0 N–H and O–H groups in total. The number of carbonyl (C=O) groups is 2. The summed E-state index contributed by atoms with van der Waals surface area (Å²) in [5.74, 6) is -0.111. The third kappa shape index (κ3) is 4.02. The molecule has 6 nitrogen and oxygen atoms in total. The van der Waals surface area contributed by atoms with Crippen LogP contribution in [0.2, 0.25) is 0 Å². The van der Waals surface area contributed by atoms with Gasteiger partial charge in [-0.05, 0) is 63.1 Å². The van der Waals surface area contributed by atoms with E-state index in [0.717, 1.165) is 23.4 Å². The third-order valence-electron chi connectivity index (χ3n) is 5.92. The first-order valence-electron chi connectivity index (χ1n) is 10.6. The second-order valence-electron chi connectivity index (χ2n) is 9.01. The maximum atomic E-state index is 13.6. The Bertz CT molecular complexity index is 1080. The minimum absolute atomic E-state index is 0.00781. The zero-order chi connectivity index (χ0) is 22.2. The molecule has 4 rings (SSSR count). The SMILES string of the molecule is Cc1ccccc1[C@H]1c2cccn2CCN1C(=O)CN(C(=O)c1ccco1)C(C)(C)C. The predicted octanol–water partition coefficient (Wildman–Crippen LogP) is 4.26. The Hall–Kier alpha value is -3.28. The molecule has 2 aromatic heterocycles. The highest BCUT2D eigenvalue weighted by atomic mass is 16.3. The molecule has 162 valence electrons. The lowest BCUT2D eigenvalue weighted by atomic mass is 9.95. The second kappa shape index (κ2) is 8.10. The summed E-state index contributed by atoms with van der Waals surface area (Å²) in [6, 6.07) is 15.4. The molecule has 31 heavy (non-hydrogen) atoms. The van der Waals surface area contributed by atoms with Gasteiger partial charge in [0.05, 0.1) is 12.3 Å². The first kappa shape index (κ1) is 21.0. The Balaban J connectivity index is 1.67. The molecule has 2 amide bonds. The van der Waals surface area contributed by atoms with Crippen LogP contribution in [0.25, 0.3) is 0 Å². The number of benzene rings is 1. The standard InChI is InChI=1S/C25H29N3O3/c1-18-9-5-6-10-19(18)23-20-11-7-13-26(20)14-15-27(23)22(29)17-28(25(2,3)4)24(30)21-12-8-16-31-21/h5-13,16,23H,14-15,17H2,1-4H3/t23-/m0/s1. The average Bonchev–Trinajstić information content (AvgIpc) is 3.42. The molecular formula is C25H29N3O3. The number of aromatic nitrogens is 1. The number of hydrogen-bond donors (Lipinski definition) is 0. The molecule has 0 unspecified atom stereocenters. The average molecular weight is 420 g/mol. The van der Waals surface area contributed by atoms with Crippen molar-refractivity contribution < 1.29 is 14.0 Å². The lowest BCUT2D eigenvalue weighted by molar-refractivity contribution is -0.135. The topological polar surface area (TPSA) is 58.7 Å². The fraction of sp³-hybridized carbons (Fsp3) is 0.360. The number of nitrogens with zero attached hydrogens (tertiary/aromatic N) is 3. The van der Waals surface area contributed by atoms with Crippen LogP contribution in [0, 0.1) is 6.92 Å². The van der Waals surface area contributed by atoms with E-state index >= 15 is 0 Å². The van der Waals surface area contributed by atoms with Crippen molar-refractivity contribution in [3.8, 4) is 0 Å². The zero-order valence-corrected chi connectivity index (χ0v) is 18.5. The van der Waals surface area contributed by atoms with E-state index in [9.17, 15) is 9.59 Å². The van der Waals surface area contributed by atoms with Crippen molar-refractivity contribution in [3.63, 3.8) is 0 Å². The van der Waals surface area contributed by atoms with Gasteiger partial charge < -0.3 is 18.8 Å². The summed E-state index contributed by atoms with van der Waals surface area (Å²) in [5.41, 5.74) is 2.80. The molecule has 0 bridgehead atoms. The lowest BCUT2D eigenvalue weighted by Gasteiger charge is -2.41. The summed E-state index contributed by atoms with van der Waals surface area (Å²) in [4.78, 5) is 30.2. The van der Waals surface area contributed by atoms with E-state index in [0.29, 0.717) is 6.54 Å². The van der Waals surface area contributed by atoms with Crippen molar-refractivity contribution in [2.75, 3.05) is 13.1 Å². The number of carbonyl (C=O) groups excluding carboxylic acids is 2. The molecule has 0 radical (unpaired) electrons. The summed E-state index contributed by atoms with van der Waals surface area (Å²) in [6.45, 7) is 9.18. The minimum Gasteiger partial charge on any atom is -0.459 e. The van der Waals surface area contributed by atoms with Crippen LogP contribution >= 0.6 is 0 Å². The maximum Gasteiger partial charge on any atom is 0.290 e. The van der Waals surface area contributed by atoms with Crippen LogP contribution in [0.4, 0.5) is 0 Å². The van der Waals surface area contributed by atoms with Crippen molar-refractivity contribution in [2.24, 2.45) is 0 Å². The number of fused-ring (bicyclic) bond motifs is 1. The molecule has 1 atom stereocenters. The summed E-state index contributed by atoms with van der Waals surface area (Å²) in [5, 5.41) is 0. The van der Waals surface area contributed by atoms with E-state index in [1.165, 1.54) is 6.26 Å². The van der Waals surface area contributed by atoms with Crippen LogP contribution in [0.1, 0.15) is 54.2 Å². The number of hydrogen-bond acceptors (Lipinski definition) is 3. The van der Waals surface area contributed by atoms with Gasteiger partial charge in [0.25, 0.3) is 5.91 Å². The summed E-state index contributed by atoms with van der Waals surface area (Å²) < 4.78 is 7.53. The van der Waals surface area contributed by atoms with Gasteiger partial charge in [0.1, 0.15) is 6.54 Å². The van der Waals surface area contributed by atoms with Gasteiger partial charge in [-0.1, -0.05) is 24.3 Å². The highest BCUT2D eigenvalue weighted by Crippen LogP contribution is 2.34. The van der Waals surface area contributed by atoms with Crippen molar-refractivity contribution in [3.05, 3.63) is 83.6 Å². The Morgan fingerprint density at radius 2 is 1.84 bits per heavy atom. The van der Waals surface area contributed by atoms with Gasteiger partial charge >= 0.3 is 0 Å². The van der Waals surface area contributed by atoms with E-state index in [1.807, 2.05) is 43.9 Å². The normalized spacial score (nSPS) is 16.1. The minimum atomic E-state index is -0.534. The van der Waals surface area contributed by atoms with Crippen LogP contribution in [0.15, 0.2) is 65.4 Å². The Morgan fingerprint density at radius 1 is 1.06 bits per heavy atom. The molecule has 0 spiro atoms. The molecule has 3 heterocycles. The van der Waals surface area contributed by atoms with Gasteiger partial charge in [0, 0.05) is 30.5 Å². The fourth-order valence-electron chi connectivity index (χ4n) is 4.25. The quantitative estimate of drug-likeness (QED) is 0.635. The first-order chi connectivity index (χ1) is 14.8. The summed E-state index contributed by atoms with van der Waals surface area (Å²) in [7, 11) is 0. The van der Waals surface area contributed by atoms with Crippen LogP contribution in [-0.2, 0) is 11.3 Å². The van der Waals surface area contributed by atoms with Crippen LogP contribution in [0.5, 0.6) is 0 Å². The highest BCUT2D eigenvalue weighted by molar-refractivity contribution is 5.95. The largest absolute Gasteiger partial charge is 0.459 e. The molecule has 1 aliphatic rings. The number of amides is 2. The van der Waals surface area contributed by atoms with E-state index in [-0.39, 0.29) is 30.2 Å². The lowest BCUT2D eigenvalue weighted by Crippen LogP contribution is -2.53. The van der Waals surface area contributed by atoms with Crippen molar-refractivity contribution in [2.45, 2.75) is 45.8 Å². The third-order valence-corrected chi connectivity index (χ3v) is 5.92. The van der Waals surface area contributed by atoms with Gasteiger partial charge in [0.2, 0.25) is 5.91 Å². The van der Waals surface area contributed by atoms with Gasteiger partial charge in [0.15, 0.2) is 5.76 Å². The Kier molecular flexibility index (Phi) is 5.48. The van der Waals surface area contributed by atoms with E-state index < -0.39 is 5.54 Å². The summed E-state index contributed by atoms with van der Waals surface area (Å²) >= 11 is 0. The molecule has 0 fully saturated rings. The molecule has 1 aliphatic heterocycles. The van der Waals surface area contributed by atoms with Crippen molar-refractivity contribution in [1.29, 1.82) is 0 Å². The highest BCUT2D eigenvalue weighted by Gasteiger charge is 2.37. The predicted molar refractivity (Wildman–Crippen MR) is 119 cm³/mol. The second-order valence-corrected chi connectivity index (χ2v) is 9.01. The van der Waals surface area contributed by atoms with Crippen LogP contribution < -0.4 is 0 Å². The Labute approximate surface area is 183 Å². The van der Waals surface area contributed by atoms with Gasteiger partial charge in [-0.2, -0.15) is 0 Å². The molecule has 6 heteroatoms. The molecular weight excluding hydrogens is 390 g/mol. The van der Waals surface area contributed by atoms with Gasteiger partial charge in [-0.15, -0.1) is 0 Å². The van der Waals surface area contributed by atoms with Crippen LogP contribution in [-0.4, -0.2) is 44.8 Å². The Morgan fingerprint density at radius 3 is 2.52 bits per heavy atom. The number of rotatable bonds is 4. The monoisotopic (exact) mass is 419 g/mol. The maximum absolute atomic E-state index is 13.6. The fourth-order valence-corrected chi connectivity index (χ4v) is 4.25. The van der Waals surface area contributed by atoms with Gasteiger partial charge in [-0.3, -0.25) is 9.59 Å². The summed E-state index contributed by atoms with van der Waals surface area (Å²) in [6.07, 6.45) is 3.53. The smallest absolute Gasteiger partial charge is 0.290 e. The van der Waals surface area contributed by atoms with Crippen molar-refractivity contribution in [1.82, 2.24) is 14.4 Å². The number of aryl methyl sites for hydroxylation is 1. The first-order valence-corrected chi connectivity index (χ1v) is 10.6. The van der Waals surface area contributed by atoms with E-state index in [4.69, 9.17) is 4.42 Å². The van der Waals surface area contributed by atoms with Crippen molar-refractivity contribution >= 4 is 11.8 Å². The van der Waals surface area contributed by atoms with Crippen LogP contribution in [0.3, 0.4) is 0 Å². The molecule has 0 saturated carbocycles. The molecule has 0 saturated heterocycles. The number of furan rings is 1. The zero-order valence-electron chi connectivity index (χ0n) is 18.5.